The van der Waals surface area contributed by atoms with Gasteiger partial charge >= 0.3 is 0 Å². The number of aromatic nitrogens is 1. The Morgan fingerprint density at radius 2 is 2.44 bits per heavy atom. The molecule has 0 unspecified atom stereocenters. The van der Waals surface area contributed by atoms with Crippen LogP contribution >= 0.6 is 15.9 Å². The van der Waals surface area contributed by atoms with Crippen molar-refractivity contribution in [1.29, 1.82) is 0 Å². The fourth-order valence-electron chi connectivity index (χ4n) is 1.29. The number of hydrogen-bond acceptors (Lipinski definition) is 4. The average Bonchev–Trinajstić information content (AvgIpc) is 2.74. The Bertz CT molecular complexity index is 341. The van der Waals surface area contributed by atoms with E-state index in [1.54, 1.807) is 18.1 Å². The number of carbonyl (C=O) groups excluding carboxylic acids is 1. The predicted molar refractivity (Wildman–Crippen MR) is 62.6 cm³/mol. The van der Waals surface area contributed by atoms with Crippen molar-refractivity contribution in [3.8, 4) is 0 Å². The Kier molecular flexibility index (Phi) is 5.48. The van der Waals surface area contributed by atoms with E-state index in [0.717, 1.165) is 5.33 Å². The lowest BCUT2D eigenvalue weighted by molar-refractivity contribution is 0.0764. The van der Waals surface area contributed by atoms with Crippen molar-refractivity contribution in [2.75, 3.05) is 25.5 Å². The largest absolute Gasteiger partial charge is 0.377 e. The SMILES string of the molecule is CCN(CCBr)C(=O)c1cc(COC)on1. The van der Waals surface area contributed by atoms with Gasteiger partial charge in [-0.25, -0.2) is 0 Å². The molecular weight excluding hydrogens is 276 g/mol. The molecular formula is C10H15BrN2O3. The number of hydrogen-bond donors (Lipinski definition) is 0. The third kappa shape index (κ3) is 3.31. The van der Waals surface area contributed by atoms with E-state index in [0.29, 0.717) is 31.2 Å². The van der Waals surface area contributed by atoms with Crippen LogP contribution in [-0.2, 0) is 11.3 Å². The molecule has 16 heavy (non-hydrogen) atoms. The predicted octanol–water partition coefficient (Wildman–Crippen LogP) is 1.68. The maximum atomic E-state index is 11.9. The van der Waals surface area contributed by atoms with Crippen LogP contribution in [0.4, 0.5) is 0 Å². The monoisotopic (exact) mass is 290 g/mol. The number of ether oxygens (including phenoxy) is 1. The molecule has 0 aliphatic rings. The van der Waals surface area contributed by atoms with Crippen molar-refractivity contribution in [2.45, 2.75) is 13.5 Å². The molecule has 0 aliphatic heterocycles. The number of nitrogens with zero attached hydrogens (tertiary/aromatic N) is 2. The molecule has 90 valence electrons. The van der Waals surface area contributed by atoms with Crippen molar-refractivity contribution in [3.63, 3.8) is 0 Å². The van der Waals surface area contributed by atoms with Crippen molar-refractivity contribution in [3.05, 3.63) is 17.5 Å². The highest BCUT2D eigenvalue weighted by molar-refractivity contribution is 9.09. The lowest BCUT2D eigenvalue weighted by atomic mass is 10.3. The standard InChI is InChI=1S/C10H15BrN2O3/c1-3-13(5-4-11)10(14)9-6-8(7-15-2)16-12-9/h6H,3-5,7H2,1-2H3. The molecule has 0 saturated carbocycles. The van der Waals surface area contributed by atoms with Crippen LogP contribution in [-0.4, -0.2) is 41.5 Å². The summed E-state index contributed by atoms with van der Waals surface area (Å²) >= 11 is 3.30. The highest BCUT2D eigenvalue weighted by Crippen LogP contribution is 2.08. The molecule has 1 rings (SSSR count). The zero-order chi connectivity index (χ0) is 12.0. The zero-order valence-corrected chi connectivity index (χ0v) is 11.0. The first-order valence-electron chi connectivity index (χ1n) is 5.02. The molecule has 1 heterocycles. The number of alkyl halides is 1. The summed E-state index contributed by atoms with van der Waals surface area (Å²) in [6, 6.07) is 1.61. The third-order valence-corrected chi connectivity index (χ3v) is 2.44. The third-order valence-electron chi connectivity index (χ3n) is 2.09. The van der Waals surface area contributed by atoms with Crippen molar-refractivity contribution in [2.24, 2.45) is 0 Å². The number of halogens is 1. The molecule has 5 nitrogen and oxygen atoms in total. The zero-order valence-electron chi connectivity index (χ0n) is 9.40. The van der Waals surface area contributed by atoms with Gasteiger partial charge in [-0.1, -0.05) is 21.1 Å². The molecule has 0 bridgehead atoms. The molecule has 0 N–H and O–H groups in total. The Hall–Kier alpha value is -0.880. The van der Waals surface area contributed by atoms with Crippen LogP contribution < -0.4 is 0 Å². The first-order chi connectivity index (χ1) is 7.72. The van der Waals surface area contributed by atoms with Crippen LogP contribution in [0, 0.1) is 0 Å². The first-order valence-corrected chi connectivity index (χ1v) is 6.14. The van der Waals surface area contributed by atoms with Crippen LogP contribution in [0.15, 0.2) is 10.6 Å². The van der Waals surface area contributed by atoms with E-state index in [1.807, 2.05) is 6.92 Å². The summed E-state index contributed by atoms with van der Waals surface area (Å²) in [6.45, 7) is 3.56. The van der Waals surface area contributed by atoms with E-state index in [4.69, 9.17) is 9.26 Å². The molecule has 0 aliphatic carbocycles. The Morgan fingerprint density at radius 3 is 3.00 bits per heavy atom. The number of rotatable bonds is 6. The second-order valence-corrected chi connectivity index (χ2v) is 3.98. The van der Waals surface area contributed by atoms with Gasteiger partial charge in [0.2, 0.25) is 0 Å². The summed E-state index contributed by atoms with van der Waals surface area (Å²) in [5.41, 5.74) is 0.329. The second kappa shape index (κ2) is 6.65. The summed E-state index contributed by atoms with van der Waals surface area (Å²) in [7, 11) is 1.56. The number of methoxy groups -OCH3 is 1. The molecule has 1 aromatic rings. The molecule has 1 amide bonds. The van der Waals surface area contributed by atoms with Gasteiger partial charge in [0.25, 0.3) is 5.91 Å². The van der Waals surface area contributed by atoms with Gasteiger partial charge in [0.1, 0.15) is 6.61 Å². The first kappa shape index (κ1) is 13.2. The maximum Gasteiger partial charge on any atom is 0.276 e. The molecule has 0 saturated heterocycles. The van der Waals surface area contributed by atoms with Gasteiger partial charge in [-0.05, 0) is 6.92 Å². The summed E-state index contributed by atoms with van der Waals surface area (Å²) in [5, 5.41) is 4.47. The molecule has 1 aromatic heterocycles. The average molecular weight is 291 g/mol. The van der Waals surface area contributed by atoms with E-state index in [9.17, 15) is 4.79 Å². The van der Waals surface area contributed by atoms with Crippen molar-refractivity contribution in [1.82, 2.24) is 10.1 Å². The van der Waals surface area contributed by atoms with E-state index in [2.05, 4.69) is 21.1 Å². The van der Waals surface area contributed by atoms with E-state index in [1.165, 1.54) is 0 Å². The fourth-order valence-corrected chi connectivity index (χ4v) is 1.72. The van der Waals surface area contributed by atoms with E-state index < -0.39 is 0 Å². The lowest BCUT2D eigenvalue weighted by Gasteiger charge is -2.17. The lowest BCUT2D eigenvalue weighted by Crippen LogP contribution is -2.32. The number of carbonyl (C=O) groups is 1. The topological polar surface area (TPSA) is 55.6 Å². The highest BCUT2D eigenvalue weighted by Gasteiger charge is 2.17. The molecule has 0 atom stereocenters. The summed E-state index contributed by atoms with van der Waals surface area (Å²) < 4.78 is 9.85. The van der Waals surface area contributed by atoms with Gasteiger partial charge in [-0.3, -0.25) is 4.79 Å². The Labute approximate surface area is 103 Å². The smallest absolute Gasteiger partial charge is 0.276 e. The summed E-state index contributed by atoms with van der Waals surface area (Å²) in [5.74, 6) is 0.439. The van der Waals surface area contributed by atoms with Gasteiger partial charge in [0.15, 0.2) is 11.5 Å². The number of amides is 1. The van der Waals surface area contributed by atoms with Gasteiger partial charge in [-0.2, -0.15) is 0 Å². The fraction of sp³-hybridized carbons (Fsp3) is 0.600. The summed E-state index contributed by atoms with van der Waals surface area (Å²) in [4.78, 5) is 13.6. The van der Waals surface area contributed by atoms with Crippen LogP contribution in [0.3, 0.4) is 0 Å². The Balaban J connectivity index is 2.70. The minimum atomic E-state index is -0.118. The maximum absolute atomic E-state index is 11.9. The van der Waals surface area contributed by atoms with Gasteiger partial charge < -0.3 is 14.2 Å². The van der Waals surface area contributed by atoms with Crippen LogP contribution in [0.1, 0.15) is 23.2 Å². The van der Waals surface area contributed by atoms with Crippen LogP contribution in [0.5, 0.6) is 0 Å². The van der Waals surface area contributed by atoms with E-state index >= 15 is 0 Å². The van der Waals surface area contributed by atoms with Crippen LogP contribution in [0.25, 0.3) is 0 Å². The minimum absolute atomic E-state index is 0.118. The molecule has 0 radical (unpaired) electrons. The second-order valence-electron chi connectivity index (χ2n) is 3.19. The quantitative estimate of drug-likeness (QED) is 0.748. The highest BCUT2D eigenvalue weighted by atomic mass is 79.9. The van der Waals surface area contributed by atoms with Gasteiger partial charge in [0, 0.05) is 31.6 Å². The molecule has 6 heteroatoms. The van der Waals surface area contributed by atoms with Crippen LogP contribution in [0.2, 0.25) is 0 Å². The molecule has 0 spiro atoms. The Morgan fingerprint density at radius 1 is 1.69 bits per heavy atom. The summed E-state index contributed by atoms with van der Waals surface area (Å²) in [6.07, 6.45) is 0. The van der Waals surface area contributed by atoms with Gasteiger partial charge in [0.05, 0.1) is 0 Å². The van der Waals surface area contributed by atoms with Crippen molar-refractivity contribution >= 4 is 21.8 Å². The molecule has 0 fully saturated rings. The minimum Gasteiger partial charge on any atom is -0.377 e. The van der Waals surface area contributed by atoms with Gasteiger partial charge in [-0.15, -0.1) is 0 Å². The molecule has 0 aromatic carbocycles. The van der Waals surface area contributed by atoms with Crippen molar-refractivity contribution < 1.29 is 14.1 Å². The normalized spacial score (nSPS) is 10.4. The van der Waals surface area contributed by atoms with E-state index in [-0.39, 0.29) is 5.91 Å².